The Bertz CT molecular complexity index is 1140. The van der Waals surface area contributed by atoms with Gasteiger partial charge in [0.25, 0.3) is 15.9 Å². The second kappa shape index (κ2) is 8.34. The maximum atomic E-state index is 12.5. The van der Waals surface area contributed by atoms with Crippen LogP contribution in [0.2, 0.25) is 5.02 Å². The molecule has 3 aromatic carbocycles. The molecular formula is C20H16BrClN2O3S. The summed E-state index contributed by atoms with van der Waals surface area (Å²) in [5.74, 6) is -0.320. The monoisotopic (exact) mass is 478 g/mol. The molecule has 1 amide bonds. The van der Waals surface area contributed by atoms with Crippen LogP contribution in [0.4, 0.5) is 11.4 Å². The largest absolute Gasteiger partial charge is 0.322 e. The second-order valence-electron chi connectivity index (χ2n) is 6.03. The van der Waals surface area contributed by atoms with Crippen molar-refractivity contribution in [3.05, 3.63) is 87.4 Å². The van der Waals surface area contributed by atoms with E-state index in [0.29, 0.717) is 27.5 Å². The summed E-state index contributed by atoms with van der Waals surface area (Å²) in [7, 11) is -3.70. The van der Waals surface area contributed by atoms with Crippen LogP contribution in [0.25, 0.3) is 0 Å². The third kappa shape index (κ3) is 4.73. The molecule has 8 heteroatoms. The Morgan fingerprint density at radius 2 is 1.71 bits per heavy atom. The normalized spacial score (nSPS) is 11.1. The molecule has 0 spiro atoms. The third-order valence-electron chi connectivity index (χ3n) is 3.96. The lowest BCUT2D eigenvalue weighted by atomic mass is 10.1. The van der Waals surface area contributed by atoms with Gasteiger partial charge in [0.05, 0.1) is 15.6 Å². The van der Waals surface area contributed by atoms with Crippen molar-refractivity contribution < 1.29 is 13.2 Å². The Hall–Kier alpha value is -2.35. The van der Waals surface area contributed by atoms with Crippen LogP contribution in [0.1, 0.15) is 15.9 Å². The lowest BCUT2D eigenvalue weighted by Crippen LogP contribution is -2.15. The summed E-state index contributed by atoms with van der Waals surface area (Å²) in [6.45, 7) is 1.73. The molecule has 0 saturated carbocycles. The maximum absolute atomic E-state index is 12.5. The number of nitrogens with one attached hydrogen (secondary N) is 2. The van der Waals surface area contributed by atoms with E-state index in [1.165, 1.54) is 12.1 Å². The van der Waals surface area contributed by atoms with E-state index in [0.717, 1.165) is 4.47 Å². The molecule has 0 aliphatic carbocycles. The van der Waals surface area contributed by atoms with Crippen molar-refractivity contribution in [2.24, 2.45) is 0 Å². The summed E-state index contributed by atoms with van der Waals surface area (Å²) in [4.78, 5) is 12.6. The molecule has 0 fully saturated rings. The molecule has 0 saturated heterocycles. The Kier molecular flexibility index (Phi) is 6.07. The van der Waals surface area contributed by atoms with Crippen LogP contribution >= 0.6 is 27.5 Å². The molecule has 0 aliphatic rings. The fraction of sp³-hybridized carbons (Fsp3) is 0.0500. The predicted molar refractivity (Wildman–Crippen MR) is 116 cm³/mol. The zero-order chi connectivity index (χ0) is 20.3. The minimum Gasteiger partial charge on any atom is -0.322 e. The van der Waals surface area contributed by atoms with E-state index in [2.05, 4.69) is 26.0 Å². The van der Waals surface area contributed by atoms with Crippen molar-refractivity contribution in [3.63, 3.8) is 0 Å². The van der Waals surface area contributed by atoms with Crippen molar-refractivity contribution >= 4 is 54.8 Å². The van der Waals surface area contributed by atoms with Gasteiger partial charge < -0.3 is 5.32 Å². The van der Waals surface area contributed by atoms with E-state index in [9.17, 15) is 13.2 Å². The number of hydrogen-bond donors (Lipinski definition) is 2. The van der Waals surface area contributed by atoms with Crippen molar-refractivity contribution in [2.45, 2.75) is 11.8 Å². The molecule has 0 radical (unpaired) electrons. The van der Waals surface area contributed by atoms with Gasteiger partial charge in [-0.1, -0.05) is 29.8 Å². The van der Waals surface area contributed by atoms with E-state index in [-0.39, 0.29) is 10.8 Å². The molecule has 0 atom stereocenters. The van der Waals surface area contributed by atoms with Gasteiger partial charge in [-0.3, -0.25) is 9.52 Å². The Balaban J connectivity index is 1.78. The number of carbonyl (C=O) groups excluding carboxylic acids is 1. The van der Waals surface area contributed by atoms with Crippen molar-refractivity contribution in [2.75, 3.05) is 10.0 Å². The van der Waals surface area contributed by atoms with E-state index in [1.807, 2.05) is 0 Å². The SMILES string of the molecule is Cc1cc(C(=O)Nc2ccc(Br)c(Cl)c2)ccc1NS(=O)(=O)c1ccccc1. The van der Waals surface area contributed by atoms with Gasteiger partial charge >= 0.3 is 0 Å². The first-order valence-corrected chi connectivity index (χ1v) is 10.9. The fourth-order valence-electron chi connectivity index (χ4n) is 2.50. The number of anilines is 2. The number of aryl methyl sites for hydroxylation is 1. The van der Waals surface area contributed by atoms with Crippen LogP contribution in [0.15, 0.2) is 76.1 Å². The first-order chi connectivity index (χ1) is 13.3. The first-order valence-electron chi connectivity index (χ1n) is 8.21. The van der Waals surface area contributed by atoms with Gasteiger partial charge in [-0.2, -0.15) is 0 Å². The number of benzene rings is 3. The quantitative estimate of drug-likeness (QED) is 0.510. The minimum absolute atomic E-state index is 0.170. The van der Waals surface area contributed by atoms with Crippen molar-refractivity contribution in [3.8, 4) is 0 Å². The molecule has 3 rings (SSSR count). The topological polar surface area (TPSA) is 75.3 Å². The molecule has 0 aromatic heterocycles. The van der Waals surface area contributed by atoms with E-state index in [4.69, 9.17) is 11.6 Å². The molecule has 5 nitrogen and oxygen atoms in total. The highest BCUT2D eigenvalue weighted by atomic mass is 79.9. The van der Waals surface area contributed by atoms with Gasteiger partial charge in [0.2, 0.25) is 0 Å². The molecule has 0 aliphatic heterocycles. The number of hydrogen-bond acceptors (Lipinski definition) is 3. The summed E-state index contributed by atoms with van der Waals surface area (Å²) in [6.07, 6.45) is 0. The molecular weight excluding hydrogens is 464 g/mol. The average Bonchev–Trinajstić information content (AvgIpc) is 2.67. The number of halogens is 2. The Labute approximate surface area is 176 Å². The van der Waals surface area contributed by atoms with Gasteiger partial charge in [0.1, 0.15) is 0 Å². The van der Waals surface area contributed by atoms with Crippen molar-refractivity contribution in [1.82, 2.24) is 0 Å². The van der Waals surface area contributed by atoms with Gasteiger partial charge in [0, 0.05) is 15.7 Å². The molecule has 0 unspecified atom stereocenters. The highest BCUT2D eigenvalue weighted by Crippen LogP contribution is 2.26. The highest BCUT2D eigenvalue weighted by Gasteiger charge is 2.16. The van der Waals surface area contributed by atoms with Gasteiger partial charge in [-0.25, -0.2) is 8.42 Å². The standard InChI is InChI=1S/C20H16BrClN2O3S/c1-13-11-14(20(25)23-15-8-9-17(21)18(22)12-15)7-10-19(13)24-28(26,27)16-5-3-2-4-6-16/h2-12,24H,1H3,(H,23,25). The van der Waals surface area contributed by atoms with Crippen LogP contribution in [0, 0.1) is 6.92 Å². The average molecular weight is 480 g/mol. The first kappa shape index (κ1) is 20.4. The molecule has 2 N–H and O–H groups in total. The molecule has 144 valence electrons. The van der Waals surface area contributed by atoms with Crippen LogP contribution in [-0.4, -0.2) is 14.3 Å². The summed E-state index contributed by atoms with van der Waals surface area (Å²) >= 11 is 9.34. The molecule has 3 aromatic rings. The predicted octanol–water partition coefficient (Wildman–Crippen LogP) is 5.46. The van der Waals surface area contributed by atoms with Crippen LogP contribution in [0.5, 0.6) is 0 Å². The Morgan fingerprint density at radius 3 is 2.36 bits per heavy atom. The lowest BCUT2D eigenvalue weighted by Gasteiger charge is -2.12. The van der Waals surface area contributed by atoms with Crippen molar-refractivity contribution in [1.29, 1.82) is 0 Å². The number of amides is 1. The van der Waals surface area contributed by atoms with Gasteiger partial charge in [-0.15, -0.1) is 0 Å². The van der Waals surface area contributed by atoms with Crippen LogP contribution in [-0.2, 0) is 10.0 Å². The zero-order valence-corrected chi connectivity index (χ0v) is 17.9. The van der Waals surface area contributed by atoms with Crippen LogP contribution in [0.3, 0.4) is 0 Å². The summed E-state index contributed by atoms with van der Waals surface area (Å²) in [5, 5.41) is 3.25. The summed E-state index contributed by atoms with van der Waals surface area (Å²) < 4.78 is 28.2. The van der Waals surface area contributed by atoms with Gasteiger partial charge in [0.15, 0.2) is 0 Å². The van der Waals surface area contributed by atoms with E-state index in [1.54, 1.807) is 61.5 Å². The summed E-state index contributed by atoms with van der Waals surface area (Å²) in [6, 6.07) is 17.9. The highest BCUT2D eigenvalue weighted by molar-refractivity contribution is 9.10. The van der Waals surface area contributed by atoms with E-state index >= 15 is 0 Å². The number of carbonyl (C=O) groups is 1. The zero-order valence-electron chi connectivity index (χ0n) is 14.7. The minimum atomic E-state index is -3.70. The fourth-order valence-corrected chi connectivity index (χ4v) is 4.08. The molecule has 0 bridgehead atoms. The smallest absolute Gasteiger partial charge is 0.261 e. The maximum Gasteiger partial charge on any atom is 0.261 e. The third-order valence-corrected chi connectivity index (χ3v) is 6.58. The second-order valence-corrected chi connectivity index (χ2v) is 8.98. The molecule has 28 heavy (non-hydrogen) atoms. The summed E-state index contributed by atoms with van der Waals surface area (Å²) in [5.41, 5.74) is 2.00. The number of rotatable bonds is 5. The lowest BCUT2D eigenvalue weighted by molar-refractivity contribution is 0.102. The Morgan fingerprint density at radius 1 is 1.00 bits per heavy atom. The van der Waals surface area contributed by atoms with Gasteiger partial charge in [-0.05, 0) is 76.9 Å². The van der Waals surface area contributed by atoms with E-state index < -0.39 is 10.0 Å². The van der Waals surface area contributed by atoms with Crippen LogP contribution < -0.4 is 10.0 Å². The number of sulfonamides is 1. The molecule has 0 heterocycles.